The smallest absolute Gasteiger partial charge is 0.226 e. The third-order valence-electron chi connectivity index (χ3n) is 3.11. The fourth-order valence-electron chi connectivity index (χ4n) is 1.89. The van der Waals surface area contributed by atoms with Crippen LogP contribution in [0.2, 0.25) is 0 Å². The van der Waals surface area contributed by atoms with Gasteiger partial charge in [0.2, 0.25) is 5.89 Å². The molecule has 0 spiro atoms. The van der Waals surface area contributed by atoms with Gasteiger partial charge in [0, 0.05) is 11.3 Å². The lowest BCUT2D eigenvalue weighted by atomic mass is 10.1. The van der Waals surface area contributed by atoms with E-state index in [1.54, 1.807) is 18.4 Å². The molecule has 0 aliphatic carbocycles. The van der Waals surface area contributed by atoms with Gasteiger partial charge in [-0.1, -0.05) is 0 Å². The summed E-state index contributed by atoms with van der Waals surface area (Å²) in [5, 5.41) is 3.26. The molecule has 1 fully saturated rings. The fourth-order valence-corrected chi connectivity index (χ4v) is 2.92. The van der Waals surface area contributed by atoms with Crippen LogP contribution in [0.15, 0.2) is 34.9 Å². The Morgan fingerprint density at radius 1 is 1.32 bits per heavy atom. The molecule has 100 valence electrons. The summed E-state index contributed by atoms with van der Waals surface area (Å²) in [6.45, 7) is 2.26. The SMILES string of the molecule is Fc1ccc(-c2nc(CSCC3CNC3)co2)cc1. The zero-order valence-electron chi connectivity index (χ0n) is 10.4. The predicted octanol–water partition coefficient (Wildman–Crippen LogP) is 2.93. The number of aromatic nitrogens is 1. The average molecular weight is 278 g/mol. The van der Waals surface area contributed by atoms with Crippen LogP contribution >= 0.6 is 11.8 Å². The van der Waals surface area contributed by atoms with Crippen molar-refractivity contribution in [3.05, 3.63) is 42.0 Å². The highest BCUT2D eigenvalue weighted by Gasteiger charge is 2.16. The Morgan fingerprint density at radius 2 is 2.11 bits per heavy atom. The fraction of sp³-hybridized carbons (Fsp3) is 0.357. The second-order valence-electron chi connectivity index (χ2n) is 4.69. The maximum atomic E-state index is 12.8. The van der Waals surface area contributed by atoms with E-state index < -0.39 is 0 Å². The number of oxazole rings is 1. The third-order valence-corrected chi connectivity index (χ3v) is 4.32. The molecule has 19 heavy (non-hydrogen) atoms. The van der Waals surface area contributed by atoms with E-state index in [4.69, 9.17) is 4.42 Å². The van der Waals surface area contributed by atoms with Gasteiger partial charge >= 0.3 is 0 Å². The summed E-state index contributed by atoms with van der Waals surface area (Å²) < 4.78 is 18.3. The van der Waals surface area contributed by atoms with Gasteiger partial charge in [0.25, 0.3) is 0 Å². The number of halogens is 1. The molecule has 3 rings (SSSR count). The van der Waals surface area contributed by atoms with E-state index >= 15 is 0 Å². The first-order valence-corrected chi connectivity index (χ1v) is 7.45. The van der Waals surface area contributed by atoms with Crippen LogP contribution in [0.1, 0.15) is 5.69 Å². The van der Waals surface area contributed by atoms with Gasteiger partial charge in [0.15, 0.2) is 0 Å². The molecule has 3 nitrogen and oxygen atoms in total. The van der Waals surface area contributed by atoms with Crippen molar-refractivity contribution in [2.75, 3.05) is 18.8 Å². The minimum Gasteiger partial charge on any atom is -0.444 e. The summed E-state index contributed by atoms with van der Waals surface area (Å²) in [5.74, 6) is 3.13. The van der Waals surface area contributed by atoms with E-state index in [0.717, 1.165) is 41.8 Å². The largest absolute Gasteiger partial charge is 0.444 e. The van der Waals surface area contributed by atoms with Crippen molar-refractivity contribution in [2.24, 2.45) is 5.92 Å². The van der Waals surface area contributed by atoms with Crippen molar-refractivity contribution in [3.63, 3.8) is 0 Å². The number of nitrogens with zero attached hydrogens (tertiary/aromatic N) is 1. The second-order valence-corrected chi connectivity index (χ2v) is 5.72. The lowest BCUT2D eigenvalue weighted by Gasteiger charge is -2.26. The summed E-state index contributed by atoms with van der Waals surface area (Å²) in [6, 6.07) is 6.19. The lowest BCUT2D eigenvalue weighted by Crippen LogP contribution is -2.43. The van der Waals surface area contributed by atoms with Gasteiger partial charge in [-0.05, 0) is 49.0 Å². The molecule has 2 heterocycles. The van der Waals surface area contributed by atoms with Crippen LogP contribution in [0.3, 0.4) is 0 Å². The first kappa shape index (κ1) is 12.7. The van der Waals surface area contributed by atoms with Crippen LogP contribution in [0.5, 0.6) is 0 Å². The maximum Gasteiger partial charge on any atom is 0.226 e. The number of nitrogens with one attached hydrogen (secondary N) is 1. The van der Waals surface area contributed by atoms with Crippen molar-refractivity contribution in [3.8, 4) is 11.5 Å². The summed E-state index contributed by atoms with van der Waals surface area (Å²) in [5.41, 5.74) is 1.75. The first-order chi connectivity index (χ1) is 9.31. The molecular weight excluding hydrogens is 263 g/mol. The summed E-state index contributed by atoms with van der Waals surface area (Å²) in [4.78, 5) is 4.43. The monoisotopic (exact) mass is 278 g/mol. The van der Waals surface area contributed by atoms with Gasteiger partial charge in [0.05, 0.1) is 5.69 Å². The van der Waals surface area contributed by atoms with Crippen molar-refractivity contribution in [1.29, 1.82) is 0 Å². The molecule has 1 aliphatic heterocycles. The standard InChI is InChI=1S/C14H15FN2OS/c15-12-3-1-11(2-4-12)14-17-13(7-18-14)9-19-8-10-5-16-6-10/h1-4,7,10,16H,5-6,8-9H2. The van der Waals surface area contributed by atoms with Gasteiger partial charge in [-0.3, -0.25) is 0 Å². The Labute approximate surface area is 115 Å². The van der Waals surface area contributed by atoms with Crippen LogP contribution in [0, 0.1) is 11.7 Å². The molecule has 0 saturated carbocycles. The highest BCUT2D eigenvalue weighted by atomic mass is 32.2. The van der Waals surface area contributed by atoms with Crippen molar-refractivity contribution in [1.82, 2.24) is 10.3 Å². The highest BCUT2D eigenvalue weighted by molar-refractivity contribution is 7.98. The molecule has 1 aromatic heterocycles. The van der Waals surface area contributed by atoms with Gasteiger partial charge in [-0.25, -0.2) is 9.37 Å². The van der Waals surface area contributed by atoms with Crippen LogP contribution in [-0.4, -0.2) is 23.8 Å². The molecule has 0 radical (unpaired) electrons. The highest BCUT2D eigenvalue weighted by Crippen LogP contribution is 2.22. The summed E-state index contributed by atoms with van der Waals surface area (Å²) in [6.07, 6.45) is 1.69. The minimum atomic E-state index is -0.250. The molecule has 2 aromatic rings. The van der Waals surface area contributed by atoms with Crippen molar-refractivity contribution < 1.29 is 8.81 Å². The molecule has 0 amide bonds. The Balaban J connectivity index is 1.57. The average Bonchev–Trinajstić information content (AvgIpc) is 2.82. The van der Waals surface area contributed by atoms with Gasteiger partial charge < -0.3 is 9.73 Å². The summed E-state index contributed by atoms with van der Waals surface area (Å²) >= 11 is 1.88. The number of benzene rings is 1. The molecule has 0 unspecified atom stereocenters. The second kappa shape index (κ2) is 5.75. The van der Waals surface area contributed by atoms with Crippen LogP contribution in [0.25, 0.3) is 11.5 Å². The molecule has 1 aromatic carbocycles. The molecule has 1 N–H and O–H groups in total. The Morgan fingerprint density at radius 3 is 2.79 bits per heavy atom. The molecule has 0 atom stereocenters. The van der Waals surface area contributed by atoms with Gasteiger partial charge in [-0.2, -0.15) is 11.8 Å². The molecule has 0 bridgehead atoms. The topological polar surface area (TPSA) is 38.1 Å². The van der Waals surface area contributed by atoms with Crippen LogP contribution in [-0.2, 0) is 5.75 Å². The Bertz CT molecular complexity index is 537. The van der Waals surface area contributed by atoms with E-state index in [1.807, 2.05) is 11.8 Å². The van der Waals surface area contributed by atoms with E-state index in [9.17, 15) is 4.39 Å². The van der Waals surface area contributed by atoms with Crippen molar-refractivity contribution >= 4 is 11.8 Å². The third kappa shape index (κ3) is 3.16. The lowest BCUT2D eigenvalue weighted by molar-refractivity contribution is 0.385. The molecule has 1 aliphatic rings. The zero-order chi connectivity index (χ0) is 13.1. The van der Waals surface area contributed by atoms with E-state index in [0.29, 0.717) is 5.89 Å². The quantitative estimate of drug-likeness (QED) is 0.912. The minimum absolute atomic E-state index is 0.250. The zero-order valence-corrected chi connectivity index (χ0v) is 11.3. The predicted molar refractivity (Wildman–Crippen MR) is 74.4 cm³/mol. The summed E-state index contributed by atoms with van der Waals surface area (Å²) in [7, 11) is 0. The Hall–Kier alpha value is -1.33. The number of hydrogen-bond acceptors (Lipinski definition) is 4. The molecule has 5 heteroatoms. The number of rotatable bonds is 5. The Kier molecular flexibility index (Phi) is 3.84. The van der Waals surface area contributed by atoms with Crippen LogP contribution < -0.4 is 5.32 Å². The van der Waals surface area contributed by atoms with E-state index in [1.165, 1.54) is 12.1 Å². The van der Waals surface area contributed by atoms with Crippen LogP contribution in [0.4, 0.5) is 4.39 Å². The molecular formula is C14H15FN2OS. The maximum absolute atomic E-state index is 12.8. The van der Waals surface area contributed by atoms with E-state index in [2.05, 4.69) is 10.3 Å². The number of thioether (sulfide) groups is 1. The molecule has 1 saturated heterocycles. The van der Waals surface area contributed by atoms with Gasteiger partial charge in [0.1, 0.15) is 12.1 Å². The number of hydrogen-bond donors (Lipinski definition) is 1. The first-order valence-electron chi connectivity index (χ1n) is 6.30. The van der Waals surface area contributed by atoms with E-state index in [-0.39, 0.29) is 5.82 Å². The normalized spacial score (nSPS) is 15.4. The van der Waals surface area contributed by atoms with Crippen molar-refractivity contribution in [2.45, 2.75) is 5.75 Å². The van der Waals surface area contributed by atoms with Gasteiger partial charge in [-0.15, -0.1) is 0 Å².